The Morgan fingerprint density at radius 2 is 1.42 bits per heavy atom. The summed E-state index contributed by atoms with van der Waals surface area (Å²) in [5.74, 6) is 0. The second-order valence-electron chi connectivity index (χ2n) is 1.83. The van der Waals surface area contributed by atoms with Crippen molar-refractivity contribution in [2.24, 2.45) is 0 Å². The first-order valence-electron chi connectivity index (χ1n) is 2.68. The van der Waals surface area contributed by atoms with Crippen molar-refractivity contribution in [3.8, 4) is 0 Å². The van der Waals surface area contributed by atoms with E-state index in [2.05, 4.69) is 0 Å². The van der Waals surface area contributed by atoms with Gasteiger partial charge in [-0.3, -0.25) is 0 Å². The Kier molecular flexibility index (Phi) is 8.67. The maximum absolute atomic E-state index is 10.3. The molecule has 0 heterocycles. The SMILES string of the molecule is O=P([O-])([O-])c1ccccc1.[Tl+].[Tl+]. The van der Waals surface area contributed by atoms with Gasteiger partial charge < -0.3 is 14.4 Å². The Hall–Kier alpha value is 1.21. The molecule has 0 saturated heterocycles. The van der Waals surface area contributed by atoms with Crippen LogP contribution in [0.5, 0.6) is 0 Å². The zero-order chi connectivity index (χ0) is 7.61. The van der Waals surface area contributed by atoms with Crippen LogP contribution in [0.3, 0.4) is 0 Å². The number of hydrogen-bond donors (Lipinski definition) is 0. The zero-order valence-electron chi connectivity index (χ0n) is 6.21. The molecule has 1 aromatic rings. The van der Waals surface area contributed by atoms with Crippen LogP contribution in [0.4, 0.5) is 0 Å². The number of hydrogen-bond acceptors (Lipinski definition) is 3. The molecule has 6 heteroatoms. The summed E-state index contributed by atoms with van der Waals surface area (Å²) in [6.07, 6.45) is 0. The van der Waals surface area contributed by atoms with Gasteiger partial charge in [0, 0.05) is 0 Å². The molecule has 0 radical (unpaired) electrons. The molecule has 0 aliphatic carbocycles. The Morgan fingerprint density at radius 3 is 1.67 bits per heavy atom. The third kappa shape index (κ3) is 5.05. The molecule has 0 atom stereocenters. The topological polar surface area (TPSA) is 63.2 Å². The normalized spacial score (nSPS) is 9.50. The van der Waals surface area contributed by atoms with Crippen LogP contribution >= 0.6 is 7.60 Å². The largest absolute Gasteiger partial charge is 1.00 e. The van der Waals surface area contributed by atoms with Crippen molar-refractivity contribution in [3.63, 3.8) is 0 Å². The minimum Gasteiger partial charge on any atom is -0.807 e. The van der Waals surface area contributed by atoms with E-state index in [1.54, 1.807) is 6.07 Å². The summed E-state index contributed by atoms with van der Waals surface area (Å²) < 4.78 is 10.3. The average Bonchev–Trinajstić information content (AvgIpc) is 1.88. The molecule has 58 valence electrons. The smallest absolute Gasteiger partial charge is 0.807 e. The fourth-order valence-corrected chi connectivity index (χ4v) is 1.15. The van der Waals surface area contributed by atoms with Crippen molar-refractivity contribution in [2.75, 3.05) is 0 Å². The third-order valence-electron chi connectivity index (χ3n) is 1.07. The van der Waals surface area contributed by atoms with Gasteiger partial charge in [0.25, 0.3) is 0 Å². The molecular formula is C6H5O3PTl2. The van der Waals surface area contributed by atoms with E-state index in [0.717, 1.165) is 0 Å². The predicted octanol–water partition coefficient (Wildman–Crippen LogP) is -1.54. The van der Waals surface area contributed by atoms with Crippen molar-refractivity contribution >= 4 is 67.5 Å². The van der Waals surface area contributed by atoms with E-state index < -0.39 is 7.60 Å². The van der Waals surface area contributed by atoms with Gasteiger partial charge in [0.05, 0.1) is 0 Å². The standard InChI is InChI=1S/C6H7O3P.2Tl/c7-10(8,9)6-4-2-1-3-5-6;;/h1-5H,(H2,7,8,9);;/q;2*+1/p-2. The summed E-state index contributed by atoms with van der Waals surface area (Å²) >= 11 is 0. The molecule has 0 aliphatic rings. The van der Waals surface area contributed by atoms with Crippen molar-refractivity contribution in [3.05, 3.63) is 30.3 Å². The summed E-state index contributed by atoms with van der Waals surface area (Å²) in [4.78, 5) is 20.6. The Labute approximate surface area is 111 Å². The second kappa shape index (κ2) is 6.64. The Morgan fingerprint density at radius 1 is 1.00 bits per heavy atom. The van der Waals surface area contributed by atoms with Gasteiger partial charge in [-0.15, -0.1) is 0 Å². The van der Waals surface area contributed by atoms with Crippen LogP contribution in [0.15, 0.2) is 30.3 Å². The van der Waals surface area contributed by atoms with E-state index >= 15 is 0 Å². The molecule has 0 saturated carbocycles. The summed E-state index contributed by atoms with van der Waals surface area (Å²) in [5.41, 5.74) is 0. The molecule has 0 aliphatic heterocycles. The van der Waals surface area contributed by atoms with E-state index in [1.165, 1.54) is 24.3 Å². The molecule has 0 bridgehead atoms. The summed E-state index contributed by atoms with van der Waals surface area (Å²) in [6, 6.07) is 7.23. The fourth-order valence-electron chi connectivity index (χ4n) is 0.611. The van der Waals surface area contributed by atoms with Gasteiger partial charge in [0.15, 0.2) is 0 Å². The molecule has 1 aromatic carbocycles. The van der Waals surface area contributed by atoms with Gasteiger partial charge in [-0.2, -0.15) is 0 Å². The van der Waals surface area contributed by atoms with Gasteiger partial charge in [-0.1, -0.05) is 30.3 Å². The average molecular weight is 565 g/mol. The molecule has 0 fully saturated rings. The van der Waals surface area contributed by atoms with Gasteiger partial charge in [-0.05, 0) is 12.9 Å². The van der Waals surface area contributed by atoms with E-state index in [0.29, 0.717) is 0 Å². The van der Waals surface area contributed by atoms with Gasteiger partial charge in [0.2, 0.25) is 0 Å². The van der Waals surface area contributed by atoms with Crippen molar-refractivity contribution in [1.29, 1.82) is 0 Å². The number of rotatable bonds is 1. The minimum atomic E-state index is -4.52. The van der Waals surface area contributed by atoms with E-state index in [9.17, 15) is 14.4 Å². The van der Waals surface area contributed by atoms with Crippen LogP contribution < -0.4 is 15.1 Å². The zero-order valence-corrected chi connectivity index (χ0v) is 16.1. The van der Waals surface area contributed by atoms with Crippen molar-refractivity contribution in [2.45, 2.75) is 0 Å². The molecule has 1 rings (SSSR count). The summed E-state index contributed by atoms with van der Waals surface area (Å²) in [6.45, 7) is 0. The monoisotopic (exact) mass is 566 g/mol. The minimum absolute atomic E-state index is 0. The summed E-state index contributed by atoms with van der Waals surface area (Å²) in [5, 5.41) is -0.157. The Balaban J connectivity index is 0. The van der Waals surface area contributed by atoms with Gasteiger partial charge in [-0.25, -0.2) is 0 Å². The first-order chi connectivity index (χ1) is 4.61. The maximum Gasteiger partial charge on any atom is 1.00 e. The van der Waals surface area contributed by atoms with E-state index in [-0.39, 0.29) is 59.9 Å². The van der Waals surface area contributed by atoms with Crippen LogP contribution in [-0.2, 0) is 4.57 Å². The van der Waals surface area contributed by atoms with Crippen LogP contribution in [0.25, 0.3) is 0 Å². The first-order valence-corrected chi connectivity index (χ1v) is 4.22. The molecule has 12 heavy (non-hydrogen) atoms. The second-order valence-corrected chi connectivity index (χ2v) is 3.34. The van der Waals surface area contributed by atoms with Crippen molar-refractivity contribution in [1.82, 2.24) is 0 Å². The molecule has 0 amide bonds. The van der Waals surface area contributed by atoms with Gasteiger partial charge in [0.1, 0.15) is 0 Å². The number of benzene rings is 1. The van der Waals surface area contributed by atoms with Crippen LogP contribution in [0, 0.1) is 0 Å². The molecule has 0 unspecified atom stereocenters. The maximum atomic E-state index is 10.3. The predicted molar refractivity (Wildman–Crippen MR) is 45.2 cm³/mol. The molecule has 0 N–H and O–H groups in total. The third-order valence-corrected chi connectivity index (χ3v) is 2.00. The van der Waals surface area contributed by atoms with Crippen molar-refractivity contribution < 1.29 is 14.4 Å². The van der Waals surface area contributed by atoms with Crippen LogP contribution in [-0.4, -0.2) is 54.6 Å². The molecule has 0 spiro atoms. The van der Waals surface area contributed by atoms with Crippen LogP contribution in [0.2, 0.25) is 0 Å². The molecule has 3 nitrogen and oxygen atoms in total. The van der Waals surface area contributed by atoms with Crippen LogP contribution in [0.1, 0.15) is 0 Å². The quantitative estimate of drug-likeness (QED) is 0.307. The molecular weight excluding hydrogens is 560 g/mol. The Bertz CT molecular complexity index is 259. The van der Waals surface area contributed by atoms with E-state index in [4.69, 9.17) is 0 Å². The summed E-state index contributed by atoms with van der Waals surface area (Å²) in [7, 11) is -4.52. The first kappa shape index (κ1) is 15.7. The fraction of sp³-hybridized carbons (Fsp3) is 0. The molecule has 0 aromatic heterocycles. The van der Waals surface area contributed by atoms with Gasteiger partial charge >= 0.3 is 54.6 Å². The van der Waals surface area contributed by atoms with E-state index in [1.807, 2.05) is 0 Å².